The molecule has 1 aromatic rings. The molecule has 0 aliphatic heterocycles. The summed E-state index contributed by atoms with van der Waals surface area (Å²) in [5.41, 5.74) is 1.28. The number of benzene rings is 1. The van der Waals surface area contributed by atoms with Crippen molar-refractivity contribution in [3.63, 3.8) is 0 Å². The predicted molar refractivity (Wildman–Crippen MR) is 67.0 cm³/mol. The molecule has 0 spiro atoms. The monoisotopic (exact) mass is 271 g/mol. The van der Waals surface area contributed by atoms with Crippen molar-refractivity contribution in [2.75, 3.05) is 13.7 Å². The highest BCUT2D eigenvalue weighted by atomic mass is 79.9. The Bertz CT molecular complexity index is 303. The highest BCUT2D eigenvalue weighted by Crippen LogP contribution is 2.22. The smallest absolute Gasteiger partial charge is 0.0613 e. The second-order valence-electron chi connectivity index (χ2n) is 3.77. The average Bonchev–Trinajstić information content (AvgIpc) is 2.18. The van der Waals surface area contributed by atoms with Crippen LogP contribution in [0.4, 0.5) is 0 Å². The highest BCUT2D eigenvalue weighted by Gasteiger charge is 2.11. The first-order valence-electron chi connectivity index (χ1n) is 5.14. The number of rotatable bonds is 5. The molecule has 0 unspecified atom stereocenters. The van der Waals surface area contributed by atoms with Crippen molar-refractivity contribution in [1.82, 2.24) is 5.32 Å². The first kappa shape index (κ1) is 12.7. The van der Waals surface area contributed by atoms with Gasteiger partial charge in [0, 0.05) is 23.7 Å². The topological polar surface area (TPSA) is 21.3 Å². The maximum absolute atomic E-state index is 5.10. The minimum Gasteiger partial charge on any atom is -0.383 e. The molecular weight excluding hydrogens is 254 g/mol. The Morgan fingerprint density at radius 3 is 2.60 bits per heavy atom. The molecule has 0 saturated heterocycles. The molecule has 0 bridgehead atoms. The Labute approximate surface area is 100 Å². The first-order chi connectivity index (χ1) is 7.15. The van der Waals surface area contributed by atoms with Gasteiger partial charge in [0.05, 0.1) is 6.61 Å². The van der Waals surface area contributed by atoms with Crippen molar-refractivity contribution >= 4 is 15.9 Å². The van der Waals surface area contributed by atoms with Gasteiger partial charge < -0.3 is 10.1 Å². The lowest BCUT2D eigenvalue weighted by Gasteiger charge is -2.20. The molecule has 0 amide bonds. The molecule has 1 aromatic carbocycles. The Balaban J connectivity index is 2.61. The summed E-state index contributed by atoms with van der Waals surface area (Å²) in [5.74, 6) is 0. The van der Waals surface area contributed by atoms with Crippen LogP contribution >= 0.6 is 15.9 Å². The Morgan fingerprint density at radius 1 is 1.33 bits per heavy atom. The van der Waals surface area contributed by atoms with Gasteiger partial charge in [0.2, 0.25) is 0 Å². The SMILES string of the molecule is COC[C@@H](C)N[C@@H](C)c1ccccc1Br. The lowest BCUT2D eigenvalue weighted by molar-refractivity contribution is 0.167. The van der Waals surface area contributed by atoms with Crippen LogP contribution in [0.5, 0.6) is 0 Å². The summed E-state index contributed by atoms with van der Waals surface area (Å²) in [5, 5.41) is 3.48. The largest absolute Gasteiger partial charge is 0.383 e. The van der Waals surface area contributed by atoms with E-state index in [4.69, 9.17) is 4.74 Å². The number of ether oxygens (including phenoxy) is 1. The van der Waals surface area contributed by atoms with E-state index >= 15 is 0 Å². The molecule has 0 aromatic heterocycles. The minimum atomic E-state index is 0.325. The summed E-state index contributed by atoms with van der Waals surface area (Å²) in [6, 6.07) is 8.95. The van der Waals surface area contributed by atoms with E-state index in [1.54, 1.807) is 7.11 Å². The van der Waals surface area contributed by atoms with Crippen molar-refractivity contribution in [3.8, 4) is 0 Å². The number of hydrogen-bond acceptors (Lipinski definition) is 2. The van der Waals surface area contributed by atoms with Crippen LogP contribution in [0.15, 0.2) is 28.7 Å². The van der Waals surface area contributed by atoms with Crippen molar-refractivity contribution in [2.24, 2.45) is 0 Å². The first-order valence-corrected chi connectivity index (χ1v) is 5.94. The summed E-state index contributed by atoms with van der Waals surface area (Å²) in [6.07, 6.45) is 0. The normalized spacial score (nSPS) is 14.9. The fraction of sp³-hybridized carbons (Fsp3) is 0.500. The predicted octanol–water partition coefficient (Wildman–Crippen LogP) is 3.13. The number of methoxy groups -OCH3 is 1. The maximum atomic E-state index is 5.10. The van der Waals surface area contributed by atoms with Crippen LogP contribution in [0, 0.1) is 0 Å². The van der Waals surface area contributed by atoms with Crippen molar-refractivity contribution < 1.29 is 4.74 Å². The Kier molecular flexibility index (Phi) is 5.29. The summed E-state index contributed by atoms with van der Waals surface area (Å²) in [4.78, 5) is 0. The van der Waals surface area contributed by atoms with E-state index in [2.05, 4.69) is 53.3 Å². The molecule has 0 heterocycles. The third-order valence-corrected chi connectivity index (χ3v) is 3.05. The summed E-state index contributed by atoms with van der Waals surface area (Å²) < 4.78 is 6.24. The molecule has 0 fully saturated rings. The maximum Gasteiger partial charge on any atom is 0.0613 e. The van der Waals surface area contributed by atoms with Gasteiger partial charge in [-0.15, -0.1) is 0 Å². The zero-order valence-corrected chi connectivity index (χ0v) is 11.0. The second-order valence-corrected chi connectivity index (χ2v) is 4.62. The summed E-state index contributed by atoms with van der Waals surface area (Å²) >= 11 is 3.55. The van der Waals surface area contributed by atoms with Crippen LogP contribution in [0.25, 0.3) is 0 Å². The molecule has 2 nitrogen and oxygen atoms in total. The molecule has 0 saturated carbocycles. The quantitative estimate of drug-likeness (QED) is 0.889. The van der Waals surface area contributed by atoms with Gasteiger partial charge in [-0.2, -0.15) is 0 Å². The van der Waals surface area contributed by atoms with E-state index < -0.39 is 0 Å². The zero-order chi connectivity index (χ0) is 11.3. The molecule has 2 atom stereocenters. The Morgan fingerprint density at radius 2 is 2.00 bits per heavy atom. The van der Waals surface area contributed by atoms with Crippen LogP contribution in [0.2, 0.25) is 0 Å². The molecule has 0 radical (unpaired) electrons. The van der Waals surface area contributed by atoms with Crippen molar-refractivity contribution in [1.29, 1.82) is 0 Å². The van der Waals surface area contributed by atoms with Gasteiger partial charge in [0.15, 0.2) is 0 Å². The van der Waals surface area contributed by atoms with Crippen LogP contribution < -0.4 is 5.32 Å². The van der Waals surface area contributed by atoms with Crippen molar-refractivity contribution in [2.45, 2.75) is 25.9 Å². The van der Waals surface area contributed by atoms with Gasteiger partial charge >= 0.3 is 0 Å². The molecular formula is C12H18BrNO. The van der Waals surface area contributed by atoms with Crippen molar-refractivity contribution in [3.05, 3.63) is 34.3 Å². The molecule has 15 heavy (non-hydrogen) atoms. The third-order valence-electron chi connectivity index (χ3n) is 2.32. The lowest BCUT2D eigenvalue weighted by atomic mass is 10.1. The minimum absolute atomic E-state index is 0.325. The fourth-order valence-electron chi connectivity index (χ4n) is 1.64. The van der Waals surface area contributed by atoms with Crippen LogP contribution in [0.3, 0.4) is 0 Å². The van der Waals surface area contributed by atoms with Gasteiger partial charge in [-0.25, -0.2) is 0 Å². The van der Waals surface area contributed by atoms with E-state index in [1.807, 2.05) is 6.07 Å². The van der Waals surface area contributed by atoms with E-state index in [0.717, 1.165) is 11.1 Å². The molecule has 1 rings (SSSR count). The average molecular weight is 272 g/mol. The van der Waals surface area contributed by atoms with Crippen LogP contribution in [-0.4, -0.2) is 19.8 Å². The van der Waals surface area contributed by atoms with Gasteiger partial charge in [-0.05, 0) is 25.5 Å². The van der Waals surface area contributed by atoms with Crippen LogP contribution in [0.1, 0.15) is 25.5 Å². The number of halogens is 1. The van der Waals surface area contributed by atoms with E-state index in [0.29, 0.717) is 12.1 Å². The van der Waals surface area contributed by atoms with Gasteiger partial charge in [0.25, 0.3) is 0 Å². The van der Waals surface area contributed by atoms with E-state index in [9.17, 15) is 0 Å². The molecule has 0 aliphatic carbocycles. The lowest BCUT2D eigenvalue weighted by Crippen LogP contribution is -2.32. The van der Waals surface area contributed by atoms with Crippen LogP contribution in [-0.2, 0) is 4.74 Å². The van der Waals surface area contributed by atoms with E-state index in [-0.39, 0.29) is 0 Å². The van der Waals surface area contributed by atoms with E-state index in [1.165, 1.54) is 5.56 Å². The number of hydrogen-bond donors (Lipinski definition) is 1. The summed E-state index contributed by atoms with van der Waals surface area (Å²) in [7, 11) is 1.72. The third kappa shape index (κ3) is 3.93. The molecule has 0 aliphatic rings. The van der Waals surface area contributed by atoms with Gasteiger partial charge in [-0.3, -0.25) is 0 Å². The molecule has 84 valence electrons. The second kappa shape index (κ2) is 6.26. The Hall–Kier alpha value is -0.380. The summed E-state index contributed by atoms with van der Waals surface area (Å²) in [6.45, 7) is 5.01. The highest BCUT2D eigenvalue weighted by molar-refractivity contribution is 9.10. The van der Waals surface area contributed by atoms with Gasteiger partial charge in [-0.1, -0.05) is 34.1 Å². The standard InChI is InChI=1S/C12H18BrNO/c1-9(8-15-3)14-10(2)11-6-4-5-7-12(11)13/h4-7,9-10,14H,8H2,1-3H3/t9-,10+/m1/s1. The fourth-order valence-corrected chi connectivity index (χ4v) is 2.27. The molecule has 1 N–H and O–H groups in total. The zero-order valence-electron chi connectivity index (χ0n) is 9.46. The molecule has 3 heteroatoms. The van der Waals surface area contributed by atoms with Gasteiger partial charge in [0.1, 0.15) is 0 Å². The number of nitrogens with one attached hydrogen (secondary N) is 1.